The second kappa shape index (κ2) is 5.27. The molecule has 5 heteroatoms. The van der Waals surface area contributed by atoms with Crippen molar-refractivity contribution in [3.8, 4) is 10.6 Å². The summed E-state index contributed by atoms with van der Waals surface area (Å²) in [5.41, 5.74) is 1.04. The standard InChI is InChI=1S/C11H13ClN2S2/c1-7(13-2)5-11-14-8(6-15-11)9-3-4-10(12)16-9/h3-4,6-7,13H,5H2,1-2H3. The Morgan fingerprint density at radius 2 is 2.31 bits per heavy atom. The number of rotatable bonds is 4. The molecule has 0 amide bonds. The van der Waals surface area contributed by atoms with E-state index in [1.54, 1.807) is 22.7 Å². The Hall–Kier alpha value is -0.420. The van der Waals surface area contributed by atoms with Crippen molar-refractivity contribution >= 4 is 34.3 Å². The molecule has 0 aliphatic heterocycles. The Bertz CT molecular complexity index is 464. The number of nitrogens with zero attached hydrogens (tertiary/aromatic N) is 1. The third kappa shape index (κ3) is 2.83. The van der Waals surface area contributed by atoms with Crippen LogP contribution in [0.4, 0.5) is 0 Å². The van der Waals surface area contributed by atoms with Crippen molar-refractivity contribution < 1.29 is 0 Å². The molecule has 1 N–H and O–H groups in total. The van der Waals surface area contributed by atoms with E-state index in [0.29, 0.717) is 6.04 Å². The molecule has 1 unspecified atom stereocenters. The summed E-state index contributed by atoms with van der Waals surface area (Å²) in [7, 11) is 1.97. The van der Waals surface area contributed by atoms with Crippen molar-refractivity contribution in [2.75, 3.05) is 7.05 Å². The zero-order valence-corrected chi connectivity index (χ0v) is 11.5. The Kier molecular flexibility index (Phi) is 3.97. The van der Waals surface area contributed by atoms with Gasteiger partial charge in [-0.05, 0) is 26.1 Å². The maximum absolute atomic E-state index is 5.91. The zero-order chi connectivity index (χ0) is 11.5. The summed E-state index contributed by atoms with van der Waals surface area (Å²) in [6, 6.07) is 4.40. The molecular formula is C11H13ClN2S2. The first-order valence-corrected chi connectivity index (χ1v) is 7.14. The molecule has 86 valence electrons. The van der Waals surface area contributed by atoms with Crippen molar-refractivity contribution in [2.24, 2.45) is 0 Å². The first kappa shape index (κ1) is 12.0. The van der Waals surface area contributed by atoms with E-state index in [1.165, 1.54) is 5.01 Å². The molecule has 2 heterocycles. The van der Waals surface area contributed by atoms with E-state index < -0.39 is 0 Å². The highest BCUT2D eigenvalue weighted by molar-refractivity contribution is 7.19. The summed E-state index contributed by atoms with van der Waals surface area (Å²) in [6.45, 7) is 2.16. The minimum atomic E-state index is 0.464. The Morgan fingerprint density at radius 3 is 2.94 bits per heavy atom. The molecule has 0 saturated heterocycles. The smallest absolute Gasteiger partial charge is 0.0948 e. The van der Waals surface area contributed by atoms with Gasteiger partial charge in [0.15, 0.2) is 0 Å². The summed E-state index contributed by atoms with van der Waals surface area (Å²) in [4.78, 5) is 5.76. The molecule has 0 spiro atoms. The van der Waals surface area contributed by atoms with E-state index in [0.717, 1.165) is 21.3 Å². The molecule has 0 radical (unpaired) electrons. The lowest BCUT2D eigenvalue weighted by atomic mass is 10.2. The van der Waals surface area contributed by atoms with Gasteiger partial charge in [0.25, 0.3) is 0 Å². The Morgan fingerprint density at radius 1 is 1.50 bits per heavy atom. The van der Waals surface area contributed by atoms with Gasteiger partial charge in [-0.15, -0.1) is 22.7 Å². The zero-order valence-electron chi connectivity index (χ0n) is 9.16. The van der Waals surface area contributed by atoms with Crippen LogP contribution in [-0.4, -0.2) is 18.1 Å². The quantitative estimate of drug-likeness (QED) is 0.919. The highest BCUT2D eigenvalue weighted by Crippen LogP contribution is 2.31. The molecule has 0 aliphatic carbocycles. The van der Waals surface area contributed by atoms with Crippen molar-refractivity contribution in [1.82, 2.24) is 10.3 Å². The summed E-state index contributed by atoms with van der Waals surface area (Å²) < 4.78 is 0.813. The lowest BCUT2D eigenvalue weighted by molar-refractivity contribution is 0.607. The molecular weight excluding hydrogens is 260 g/mol. The second-order valence-electron chi connectivity index (χ2n) is 3.62. The fraction of sp³-hybridized carbons (Fsp3) is 0.364. The van der Waals surface area contributed by atoms with Crippen LogP contribution in [-0.2, 0) is 6.42 Å². The Balaban J connectivity index is 2.13. The van der Waals surface area contributed by atoms with Gasteiger partial charge in [-0.2, -0.15) is 0 Å². The molecule has 0 fully saturated rings. The van der Waals surface area contributed by atoms with Crippen LogP contribution in [0.25, 0.3) is 10.6 Å². The summed E-state index contributed by atoms with van der Waals surface area (Å²) in [5, 5.41) is 6.48. The van der Waals surface area contributed by atoms with Crippen molar-refractivity contribution in [3.63, 3.8) is 0 Å². The Labute approximate surface area is 108 Å². The third-order valence-corrected chi connectivity index (χ3v) is 4.48. The lowest BCUT2D eigenvalue weighted by Crippen LogP contribution is -2.23. The lowest BCUT2D eigenvalue weighted by Gasteiger charge is -2.05. The molecule has 2 aromatic rings. The molecule has 1 atom stereocenters. The monoisotopic (exact) mass is 272 g/mol. The molecule has 2 nitrogen and oxygen atoms in total. The fourth-order valence-corrected chi connectivity index (χ4v) is 3.34. The predicted octanol–water partition coefficient (Wildman–Crippen LogP) is 3.68. The predicted molar refractivity (Wildman–Crippen MR) is 72.7 cm³/mol. The summed E-state index contributed by atoms with van der Waals surface area (Å²) in [6.07, 6.45) is 0.972. The maximum atomic E-state index is 5.91. The van der Waals surface area contributed by atoms with Crippen molar-refractivity contribution in [3.05, 3.63) is 26.9 Å². The number of nitrogens with one attached hydrogen (secondary N) is 1. The van der Waals surface area contributed by atoms with Gasteiger partial charge in [-0.1, -0.05) is 11.6 Å². The van der Waals surface area contributed by atoms with E-state index in [9.17, 15) is 0 Å². The van der Waals surface area contributed by atoms with Crippen LogP contribution in [0.3, 0.4) is 0 Å². The van der Waals surface area contributed by atoms with Crippen LogP contribution < -0.4 is 5.32 Å². The molecule has 16 heavy (non-hydrogen) atoms. The van der Waals surface area contributed by atoms with Gasteiger partial charge >= 0.3 is 0 Å². The summed E-state index contributed by atoms with van der Waals surface area (Å²) in [5.74, 6) is 0. The van der Waals surface area contributed by atoms with Gasteiger partial charge in [0, 0.05) is 17.8 Å². The van der Waals surface area contributed by atoms with Gasteiger partial charge in [-0.25, -0.2) is 4.98 Å². The molecule has 0 bridgehead atoms. The van der Waals surface area contributed by atoms with Crippen LogP contribution >= 0.6 is 34.3 Å². The maximum Gasteiger partial charge on any atom is 0.0948 e. The van der Waals surface area contributed by atoms with Gasteiger partial charge in [0.2, 0.25) is 0 Å². The first-order chi connectivity index (χ1) is 7.69. The van der Waals surface area contributed by atoms with Crippen LogP contribution in [0.5, 0.6) is 0 Å². The van der Waals surface area contributed by atoms with E-state index in [2.05, 4.69) is 22.6 Å². The van der Waals surface area contributed by atoms with Gasteiger partial charge in [0.1, 0.15) is 0 Å². The van der Waals surface area contributed by atoms with Gasteiger partial charge in [0.05, 0.1) is 19.9 Å². The highest BCUT2D eigenvalue weighted by atomic mass is 35.5. The van der Waals surface area contributed by atoms with E-state index in [-0.39, 0.29) is 0 Å². The van der Waals surface area contributed by atoms with Crippen molar-refractivity contribution in [1.29, 1.82) is 0 Å². The highest BCUT2D eigenvalue weighted by Gasteiger charge is 2.08. The average molecular weight is 273 g/mol. The number of halogens is 1. The summed E-state index contributed by atoms with van der Waals surface area (Å²) >= 11 is 9.19. The molecule has 2 rings (SSSR count). The molecule has 0 saturated carbocycles. The number of aromatic nitrogens is 1. The molecule has 2 aromatic heterocycles. The average Bonchev–Trinajstić information content (AvgIpc) is 2.87. The largest absolute Gasteiger partial charge is 0.317 e. The van der Waals surface area contributed by atoms with Crippen LogP contribution in [0.15, 0.2) is 17.5 Å². The molecule has 0 aliphatic rings. The number of thiazole rings is 1. The number of hydrogen-bond donors (Lipinski definition) is 1. The number of likely N-dealkylation sites (N-methyl/N-ethyl adjacent to an activating group) is 1. The normalized spacial score (nSPS) is 12.9. The molecule has 0 aromatic carbocycles. The third-order valence-electron chi connectivity index (χ3n) is 2.35. The van der Waals surface area contributed by atoms with Gasteiger partial charge in [-0.3, -0.25) is 0 Å². The van der Waals surface area contributed by atoms with Gasteiger partial charge < -0.3 is 5.32 Å². The topological polar surface area (TPSA) is 24.9 Å². The van der Waals surface area contributed by atoms with Crippen LogP contribution in [0.2, 0.25) is 4.34 Å². The number of thiophene rings is 1. The minimum absolute atomic E-state index is 0.464. The van der Waals surface area contributed by atoms with Crippen LogP contribution in [0, 0.1) is 0 Å². The SMILES string of the molecule is CNC(C)Cc1nc(-c2ccc(Cl)s2)cs1. The minimum Gasteiger partial charge on any atom is -0.317 e. The van der Waals surface area contributed by atoms with E-state index >= 15 is 0 Å². The van der Waals surface area contributed by atoms with Crippen molar-refractivity contribution in [2.45, 2.75) is 19.4 Å². The first-order valence-electron chi connectivity index (χ1n) is 5.06. The van der Waals surface area contributed by atoms with E-state index in [4.69, 9.17) is 11.6 Å². The second-order valence-corrected chi connectivity index (χ2v) is 6.28. The number of hydrogen-bond acceptors (Lipinski definition) is 4. The van der Waals surface area contributed by atoms with Crippen LogP contribution in [0.1, 0.15) is 11.9 Å². The fourth-order valence-electron chi connectivity index (χ4n) is 1.33. The van der Waals surface area contributed by atoms with E-state index in [1.807, 2.05) is 19.2 Å².